The molecule has 74 valence electrons. The van der Waals surface area contributed by atoms with Crippen molar-refractivity contribution in [2.24, 2.45) is 5.41 Å². The summed E-state index contributed by atoms with van der Waals surface area (Å²) >= 11 is 0. The number of nitrogens with zero attached hydrogens (tertiary/aromatic N) is 1. The summed E-state index contributed by atoms with van der Waals surface area (Å²) in [5, 5.41) is 3.52. The van der Waals surface area contributed by atoms with Crippen molar-refractivity contribution in [1.82, 2.24) is 10.2 Å². The second-order valence-electron chi connectivity index (χ2n) is 4.67. The molecular formula is C11H20N2. The van der Waals surface area contributed by atoms with Gasteiger partial charge in [0.25, 0.3) is 0 Å². The average molecular weight is 180 g/mol. The fourth-order valence-electron chi connectivity index (χ4n) is 2.48. The summed E-state index contributed by atoms with van der Waals surface area (Å²) in [4.78, 5) is 2.55. The lowest BCUT2D eigenvalue weighted by molar-refractivity contribution is 0.337. The summed E-state index contributed by atoms with van der Waals surface area (Å²) < 4.78 is 0. The van der Waals surface area contributed by atoms with E-state index in [4.69, 9.17) is 0 Å². The minimum Gasteiger partial charge on any atom is -0.384 e. The quantitative estimate of drug-likeness (QED) is 0.709. The van der Waals surface area contributed by atoms with Gasteiger partial charge in [0.15, 0.2) is 0 Å². The van der Waals surface area contributed by atoms with Crippen LogP contribution < -0.4 is 5.32 Å². The van der Waals surface area contributed by atoms with E-state index in [0.29, 0.717) is 11.5 Å². The predicted octanol–water partition coefficient (Wildman–Crippen LogP) is 1.59. The fraction of sp³-hybridized carbons (Fsp3) is 0.818. The Morgan fingerprint density at radius 2 is 2.31 bits per heavy atom. The van der Waals surface area contributed by atoms with Crippen LogP contribution in [0.4, 0.5) is 0 Å². The molecule has 13 heavy (non-hydrogen) atoms. The minimum atomic E-state index is 0.620. The number of likely N-dealkylation sites (N-methyl/N-ethyl adjacent to an activating group) is 1. The van der Waals surface area contributed by atoms with Gasteiger partial charge in [0.05, 0.1) is 0 Å². The van der Waals surface area contributed by atoms with Gasteiger partial charge in [-0.15, -0.1) is 0 Å². The first-order valence-electron chi connectivity index (χ1n) is 5.31. The number of allylic oxidation sites excluding steroid dienone is 1. The van der Waals surface area contributed by atoms with Gasteiger partial charge < -0.3 is 10.2 Å². The largest absolute Gasteiger partial charge is 0.384 e. The zero-order chi connectivity index (χ0) is 9.47. The molecular weight excluding hydrogens is 160 g/mol. The SMILES string of the molecule is C=C(C)NC1CN(CC)CC12CC2. The van der Waals surface area contributed by atoms with Gasteiger partial charge in [0.1, 0.15) is 0 Å². The summed E-state index contributed by atoms with van der Waals surface area (Å²) in [6, 6.07) is 0.671. The first kappa shape index (κ1) is 9.07. The highest BCUT2D eigenvalue weighted by Gasteiger charge is 2.54. The molecule has 2 aliphatic rings. The predicted molar refractivity (Wildman–Crippen MR) is 55.5 cm³/mol. The van der Waals surface area contributed by atoms with Crippen molar-refractivity contribution in [1.29, 1.82) is 0 Å². The van der Waals surface area contributed by atoms with E-state index in [1.807, 2.05) is 0 Å². The smallest absolute Gasteiger partial charge is 0.0453 e. The van der Waals surface area contributed by atoms with Crippen LogP contribution in [0.5, 0.6) is 0 Å². The molecule has 2 heteroatoms. The third-order valence-electron chi connectivity index (χ3n) is 3.48. The van der Waals surface area contributed by atoms with Crippen LogP contribution in [0.1, 0.15) is 26.7 Å². The third kappa shape index (κ3) is 1.60. The van der Waals surface area contributed by atoms with E-state index < -0.39 is 0 Å². The van der Waals surface area contributed by atoms with Crippen LogP contribution in [-0.4, -0.2) is 30.6 Å². The van der Waals surface area contributed by atoms with Crippen LogP contribution in [-0.2, 0) is 0 Å². The van der Waals surface area contributed by atoms with Gasteiger partial charge in [-0.1, -0.05) is 13.5 Å². The zero-order valence-electron chi connectivity index (χ0n) is 8.77. The van der Waals surface area contributed by atoms with Crippen molar-refractivity contribution >= 4 is 0 Å². The zero-order valence-corrected chi connectivity index (χ0v) is 8.77. The molecule has 1 atom stereocenters. The fourth-order valence-corrected chi connectivity index (χ4v) is 2.48. The van der Waals surface area contributed by atoms with Gasteiger partial charge >= 0.3 is 0 Å². The molecule has 1 saturated carbocycles. The number of nitrogens with one attached hydrogen (secondary N) is 1. The molecule has 1 heterocycles. The Hall–Kier alpha value is -0.500. The maximum atomic E-state index is 3.93. The van der Waals surface area contributed by atoms with Crippen LogP contribution in [0.15, 0.2) is 12.3 Å². The van der Waals surface area contributed by atoms with Crippen molar-refractivity contribution in [2.45, 2.75) is 32.7 Å². The second-order valence-corrected chi connectivity index (χ2v) is 4.67. The normalized spacial score (nSPS) is 30.8. The molecule has 0 aromatic heterocycles. The van der Waals surface area contributed by atoms with E-state index >= 15 is 0 Å². The summed E-state index contributed by atoms with van der Waals surface area (Å²) in [5.74, 6) is 0. The highest BCUT2D eigenvalue weighted by atomic mass is 15.2. The van der Waals surface area contributed by atoms with Crippen LogP contribution in [0.2, 0.25) is 0 Å². The molecule has 0 bridgehead atoms. The molecule has 2 rings (SSSR count). The Balaban J connectivity index is 1.99. The molecule has 1 saturated heterocycles. The third-order valence-corrected chi connectivity index (χ3v) is 3.48. The van der Waals surface area contributed by atoms with Crippen LogP contribution >= 0.6 is 0 Å². The molecule has 2 fully saturated rings. The Labute approximate surface area is 81.0 Å². The monoisotopic (exact) mass is 180 g/mol. The van der Waals surface area contributed by atoms with Crippen molar-refractivity contribution in [3.05, 3.63) is 12.3 Å². The molecule has 0 radical (unpaired) electrons. The Morgan fingerprint density at radius 1 is 1.62 bits per heavy atom. The summed E-state index contributed by atoms with van der Waals surface area (Å²) in [6.07, 6.45) is 2.82. The maximum absolute atomic E-state index is 3.93. The van der Waals surface area contributed by atoms with Crippen LogP contribution in [0.3, 0.4) is 0 Å². The number of hydrogen-bond donors (Lipinski definition) is 1. The standard InChI is InChI=1S/C11H20N2/c1-4-13-7-10(12-9(2)3)11(8-13)5-6-11/h10,12H,2,4-8H2,1,3H3. The van der Waals surface area contributed by atoms with E-state index in [-0.39, 0.29) is 0 Å². The molecule has 0 aromatic carbocycles. The van der Waals surface area contributed by atoms with Crippen LogP contribution in [0.25, 0.3) is 0 Å². The molecule has 0 amide bonds. The molecule has 1 spiro atoms. The Morgan fingerprint density at radius 3 is 2.77 bits per heavy atom. The highest BCUT2D eigenvalue weighted by molar-refractivity contribution is 5.12. The molecule has 2 nitrogen and oxygen atoms in total. The van der Waals surface area contributed by atoms with E-state index in [9.17, 15) is 0 Å². The topological polar surface area (TPSA) is 15.3 Å². The van der Waals surface area contributed by atoms with Gasteiger partial charge in [-0.3, -0.25) is 0 Å². The number of hydrogen-bond acceptors (Lipinski definition) is 2. The summed E-state index contributed by atoms with van der Waals surface area (Å²) in [5.41, 5.74) is 1.74. The van der Waals surface area contributed by atoms with E-state index in [1.165, 1.54) is 32.5 Å². The Kier molecular flexibility index (Phi) is 2.11. The van der Waals surface area contributed by atoms with Crippen molar-refractivity contribution in [3.8, 4) is 0 Å². The van der Waals surface area contributed by atoms with E-state index in [0.717, 1.165) is 5.70 Å². The van der Waals surface area contributed by atoms with Gasteiger partial charge in [0.2, 0.25) is 0 Å². The van der Waals surface area contributed by atoms with Crippen molar-refractivity contribution in [2.75, 3.05) is 19.6 Å². The number of likely N-dealkylation sites (tertiary alicyclic amines) is 1. The molecule has 1 N–H and O–H groups in total. The van der Waals surface area contributed by atoms with Gasteiger partial charge in [0, 0.05) is 30.2 Å². The van der Waals surface area contributed by atoms with Crippen molar-refractivity contribution < 1.29 is 0 Å². The minimum absolute atomic E-state index is 0.620. The average Bonchev–Trinajstić information content (AvgIpc) is 2.73. The second kappa shape index (κ2) is 3.02. The van der Waals surface area contributed by atoms with Gasteiger partial charge in [-0.05, 0) is 26.3 Å². The molecule has 1 aliphatic carbocycles. The van der Waals surface area contributed by atoms with Crippen LogP contribution in [0, 0.1) is 5.41 Å². The summed E-state index contributed by atoms with van der Waals surface area (Å²) in [6.45, 7) is 11.9. The molecule has 1 unspecified atom stereocenters. The molecule has 0 aromatic rings. The number of rotatable bonds is 3. The van der Waals surface area contributed by atoms with Gasteiger partial charge in [-0.2, -0.15) is 0 Å². The first-order valence-corrected chi connectivity index (χ1v) is 5.31. The first-order chi connectivity index (χ1) is 6.16. The van der Waals surface area contributed by atoms with E-state index in [2.05, 4.69) is 30.6 Å². The lowest BCUT2D eigenvalue weighted by atomic mass is 10.0. The maximum Gasteiger partial charge on any atom is 0.0453 e. The Bertz CT molecular complexity index is 218. The lowest BCUT2D eigenvalue weighted by Gasteiger charge is -2.19. The van der Waals surface area contributed by atoms with Crippen molar-refractivity contribution in [3.63, 3.8) is 0 Å². The highest BCUT2D eigenvalue weighted by Crippen LogP contribution is 2.52. The lowest BCUT2D eigenvalue weighted by Crippen LogP contribution is -2.35. The van der Waals surface area contributed by atoms with Gasteiger partial charge in [-0.25, -0.2) is 0 Å². The summed E-state index contributed by atoms with van der Waals surface area (Å²) in [7, 11) is 0. The van der Waals surface area contributed by atoms with E-state index in [1.54, 1.807) is 0 Å². The molecule has 1 aliphatic heterocycles.